The lowest BCUT2D eigenvalue weighted by Gasteiger charge is -2.18. The Bertz CT molecular complexity index is 542. The summed E-state index contributed by atoms with van der Waals surface area (Å²) < 4.78 is 0. The van der Waals surface area contributed by atoms with Gasteiger partial charge < -0.3 is 5.32 Å². The van der Waals surface area contributed by atoms with E-state index in [1.807, 2.05) is 18.7 Å². The third-order valence-electron chi connectivity index (χ3n) is 2.89. The number of nitrogens with one attached hydrogen (secondary N) is 1. The number of thioether (sulfide) groups is 1. The average molecular weight is 273 g/mol. The lowest BCUT2D eigenvalue weighted by atomic mass is 10.1. The van der Waals surface area contributed by atoms with E-state index in [2.05, 4.69) is 53.4 Å². The molecule has 0 aliphatic heterocycles. The molecule has 0 amide bonds. The van der Waals surface area contributed by atoms with E-state index in [1.165, 1.54) is 4.90 Å². The minimum Gasteiger partial charge on any atom is -0.376 e. The molecule has 19 heavy (non-hydrogen) atoms. The highest BCUT2D eigenvalue weighted by Gasteiger charge is 2.12. The van der Waals surface area contributed by atoms with E-state index in [9.17, 15) is 0 Å². The molecule has 1 atom stereocenters. The van der Waals surface area contributed by atoms with Crippen LogP contribution in [0.5, 0.6) is 0 Å². The van der Waals surface area contributed by atoms with Crippen LogP contribution in [0, 0.1) is 6.92 Å². The highest BCUT2D eigenvalue weighted by atomic mass is 32.2. The quantitative estimate of drug-likeness (QED) is 0.833. The summed E-state index contributed by atoms with van der Waals surface area (Å²) in [7, 11) is 0. The van der Waals surface area contributed by atoms with Gasteiger partial charge in [-0.15, -0.1) is 11.8 Å². The van der Waals surface area contributed by atoms with Gasteiger partial charge in [0.25, 0.3) is 0 Å². The molecule has 1 unspecified atom stereocenters. The Labute approximate surface area is 118 Å². The first-order valence-electron chi connectivity index (χ1n) is 6.48. The molecule has 4 heteroatoms. The van der Waals surface area contributed by atoms with E-state index in [4.69, 9.17) is 0 Å². The number of anilines is 1. The van der Waals surface area contributed by atoms with Crippen LogP contribution in [-0.4, -0.2) is 15.7 Å². The molecule has 0 radical (unpaired) electrons. The van der Waals surface area contributed by atoms with Gasteiger partial charge in [0.05, 0.1) is 17.4 Å². The van der Waals surface area contributed by atoms with Crippen molar-refractivity contribution in [2.45, 2.75) is 31.7 Å². The van der Waals surface area contributed by atoms with E-state index in [-0.39, 0.29) is 6.04 Å². The van der Waals surface area contributed by atoms with Gasteiger partial charge in [-0.25, -0.2) is 0 Å². The van der Waals surface area contributed by atoms with Crippen molar-refractivity contribution < 1.29 is 0 Å². The van der Waals surface area contributed by atoms with Crippen LogP contribution in [-0.2, 0) is 0 Å². The van der Waals surface area contributed by atoms with Crippen LogP contribution in [0.3, 0.4) is 0 Å². The molecule has 2 aromatic rings. The molecule has 0 spiro atoms. The number of hydrogen-bond donors (Lipinski definition) is 1. The molecule has 0 bridgehead atoms. The van der Waals surface area contributed by atoms with Gasteiger partial charge in [-0.2, -0.15) is 0 Å². The topological polar surface area (TPSA) is 37.8 Å². The van der Waals surface area contributed by atoms with Crippen LogP contribution in [0.15, 0.2) is 41.6 Å². The summed E-state index contributed by atoms with van der Waals surface area (Å²) in [6.07, 6.45) is 3.47. The van der Waals surface area contributed by atoms with Crippen molar-refractivity contribution in [3.63, 3.8) is 0 Å². The maximum Gasteiger partial charge on any atom is 0.0835 e. The Hall–Kier alpha value is -1.55. The summed E-state index contributed by atoms with van der Waals surface area (Å²) in [5.41, 5.74) is 3.13. The molecule has 0 aliphatic carbocycles. The number of para-hydroxylation sites is 1. The Balaban J connectivity index is 2.19. The van der Waals surface area contributed by atoms with Gasteiger partial charge in [-0.3, -0.25) is 9.97 Å². The Morgan fingerprint density at radius 3 is 2.68 bits per heavy atom. The summed E-state index contributed by atoms with van der Waals surface area (Å²) in [5.74, 6) is 1.07. The van der Waals surface area contributed by atoms with Gasteiger partial charge in [-0.1, -0.05) is 19.1 Å². The first-order valence-corrected chi connectivity index (χ1v) is 7.46. The SMILES string of the molecule is CCSc1ccccc1NC(C)c1nccnc1C. The predicted octanol–water partition coefficient (Wildman–Crippen LogP) is 4.07. The van der Waals surface area contributed by atoms with E-state index < -0.39 is 0 Å². The second kappa shape index (κ2) is 6.57. The minimum absolute atomic E-state index is 0.146. The minimum atomic E-state index is 0.146. The summed E-state index contributed by atoms with van der Waals surface area (Å²) in [4.78, 5) is 9.99. The van der Waals surface area contributed by atoms with Crippen molar-refractivity contribution in [2.75, 3.05) is 11.1 Å². The zero-order valence-electron chi connectivity index (χ0n) is 11.6. The Morgan fingerprint density at radius 1 is 1.21 bits per heavy atom. The van der Waals surface area contributed by atoms with E-state index in [0.717, 1.165) is 22.8 Å². The summed E-state index contributed by atoms with van der Waals surface area (Å²) >= 11 is 1.84. The fraction of sp³-hybridized carbons (Fsp3) is 0.333. The highest BCUT2D eigenvalue weighted by molar-refractivity contribution is 7.99. The highest BCUT2D eigenvalue weighted by Crippen LogP contribution is 2.29. The van der Waals surface area contributed by atoms with Crippen LogP contribution >= 0.6 is 11.8 Å². The molecule has 3 nitrogen and oxygen atoms in total. The monoisotopic (exact) mass is 273 g/mol. The molecule has 1 aromatic carbocycles. The lowest BCUT2D eigenvalue weighted by molar-refractivity contribution is 0.807. The van der Waals surface area contributed by atoms with Gasteiger partial charge in [0.15, 0.2) is 0 Å². The second-order valence-corrected chi connectivity index (χ2v) is 5.63. The zero-order valence-corrected chi connectivity index (χ0v) is 12.4. The van der Waals surface area contributed by atoms with Gasteiger partial charge in [0.1, 0.15) is 0 Å². The molecule has 1 N–H and O–H groups in total. The number of nitrogens with zero attached hydrogens (tertiary/aromatic N) is 2. The van der Waals surface area contributed by atoms with Crippen molar-refractivity contribution in [2.24, 2.45) is 0 Å². The summed E-state index contributed by atoms with van der Waals surface area (Å²) in [6, 6.07) is 8.53. The number of rotatable bonds is 5. The zero-order chi connectivity index (χ0) is 13.7. The van der Waals surface area contributed by atoms with Crippen LogP contribution in [0.1, 0.15) is 31.3 Å². The van der Waals surface area contributed by atoms with E-state index in [0.29, 0.717) is 0 Å². The molecular formula is C15H19N3S. The molecule has 0 saturated heterocycles. The molecule has 100 valence electrons. The van der Waals surface area contributed by atoms with Gasteiger partial charge in [-0.05, 0) is 31.7 Å². The molecule has 0 aliphatic rings. The number of aryl methyl sites for hydroxylation is 1. The van der Waals surface area contributed by atoms with E-state index in [1.54, 1.807) is 12.4 Å². The van der Waals surface area contributed by atoms with Crippen LogP contribution in [0.25, 0.3) is 0 Å². The predicted molar refractivity (Wildman–Crippen MR) is 81.6 cm³/mol. The van der Waals surface area contributed by atoms with Crippen molar-refractivity contribution in [3.05, 3.63) is 48.0 Å². The normalized spacial score (nSPS) is 12.2. The summed E-state index contributed by atoms with van der Waals surface area (Å²) in [5, 5.41) is 3.53. The molecular weight excluding hydrogens is 254 g/mol. The lowest BCUT2D eigenvalue weighted by Crippen LogP contribution is -2.11. The third-order valence-corrected chi connectivity index (χ3v) is 3.84. The van der Waals surface area contributed by atoms with Gasteiger partial charge in [0, 0.05) is 23.0 Å². The van der Waals surface area contributed by atoms with Crippen LogP contribution in [0.4, 0.5) is 5.69 Å². The Kier molecular flexibility index (Phi) is 4.80. The molecule has 1 aromatic heterocycles. The molecule has 0 saturated carbocycles. The van der Waals surface area contributed by atoms with Crippen LogP contribution in [0.2, 0.25) is 0 Å². The van der Waals surface area contributed by atoms with Crippen molar-refractivity contribution >= 4 is 17.4 Å². The van der Waals surface area contributed by atoms with Gasteiger partial charge >= 0.3 is 0 Å². The van der Waals surface area contributed by atoms with Crippen molar-refractivity contribution in [1.82, 2.24) is 9.97 Å². The van der Waals surface area contributed by atoms with E-state index >= 15 is 0 Å². The smallest absolute Gasteiger partial charge is 0.0835 e. The van der Waals surface area contributed by atoms with Crippen molar-refractivity contribution in [3.8, 4) is 0 Å². The molecule has 0 fully saturated rings. The molecule has 1 heterocycles. The van der Waals surface area contributed by atoms with Gasteiger partial charge in [0.2, 0.25) is 0 Å². The maximum absolute atomic E-state index is 4.42. The third kappa shape index (κ3) is 3.47. The first kappa shape index (κ1) is 13.9. The first-order chi connectivity index (χ1) is 9.22. The summed E-state index contributed by atoms with van der Waals surface area (Å²) in [6.45, 7) is 6.27. The average Bonchev–Trinajstić information content (AvgIpc) is 2.41. The fourth-order valence-electron chi connectivity index (χ4n) is 2.01. The largest absolute Gasteiger partial charge is 0.376 e. The van der Waals surface area contributed by atoms with Crippen LogP contribution < -0.4 is 5.32 Å². The Morgan fingerprint density at radius 2 is 1.95 bits per heavy atom. The number of benzene rings is 1. The fourth-order valence-corrected chi connectivity index (χ4v) is 2.78. The maximum atomic E-state index is 4.42. The number of aromatic nitrogens is 2. The molecule has 2 rings (SSSR count). The second-order valence-electron chi connectivity index (χ2n) is 4.32. The standard InChI is InChI=1S/C15H19N3S/c1-4-19-14-8-6-5-7-13(14)18-12(3)15-11(2)16-9-10-17-15/h5-10,12,18H,4H2,1-3H3. The van der Waals surface area contributed by atoms with Crippen molar-refractivity contribution in [1.29, 1.82) is 0 Å². The number of hydrogen-bond acceptors (Lipinski definition) is 4.